The maximum absolute atomic E-state index is 3.57. The number of hydrogen-bond donors (Lipinski definition) is 1. The van der Waals surface area contributed by atoms with Gasteiger partial charge in [-0.15, -0.1) is 0 Å². The van der Waals surface area contributed by atoms with Gasteiger partial charge in [0.15, 0.2) is 0 Å². The van der Waals surface area contributed by atoms with E-state index in [1.54, 1.807) is 0 Å². The van der Waals surface area contributed by atoms with Gasteiger partial charge < -0.3 is 5.32 Å². The van der Waals surface area contributed by atoms with Crippen molar-refractivity contribution in [2.24, 2.45) is 11.3 Å². The summed E-state index contributed by atoms with van der Waals surface area (Å²) in [7, 11) is 0. The molecule has 0 saturated carbocycles. The van der Waals surface area contributed by atoms with Crippen molar-refractivity contribution in [2.75, 3.05) is 6.54 Å². The van der Waals surface area contributed by atoms with E-state index in [4.69, 9.17) is 0 Å². The molecular weight excluding hydrogens is 134 g/mol. The van der Waals surface area contributed by atoms with Crippen LogP contribution in [0.3, 0.4) is 0 Å². The highest BCUT2D eigenvalue weighted by molar-refractivity contribution is 5.02. The quantitative estimate of drug-likeness (QED) is 0.613. The molecule has 1 heteroatoms. The summed E-state index contributed by atoms with van der Waals surface area (Å²) in [5.41, 5.74) is 0.800. The second-order valence-corrected chi connectivity index (χ2v) is 4.87. The lowest BCUT2D eigenvalue weighted by Gasteiger charge is -2.41. The number of rotatable bonds is 1. The maximum Gasteiger partial charge on any atom is 0.0181 e. The fourth-order valence-corrected chi connectivity index (χ4v) is 2.16. The Balaban J connectivity index is 2.84. The number of nitrogens with one attached hydrogen (secondary N) is 1. The van der Waals surface area contributed by atoms with Crippen molar-refractivity contribution in [3.63, 3.8) is 0 Å². The Morgan fingerprint density at radius 2 is 1.73 bits per heavy atom. The SMILES string of the molecule is CC(C)C1(C)CCNC1(C)C. The first-order valence-corrected chi connectivity index (χ1v) is 4.65. The van der Waals surface area contributed by atoms with E-state index >= 15 is 0 Å². The molecule has 11 heavy (non-hydrogen) atoms. The van der Waals surface area contributed by atoms with Crippen LogP contribution in [0.4, 0.5) is 0 Å². The van der Waals surface area contributed by atoms with E-state index in [1.165, 1.54) is 13.0 Å². The van der Waals surface area contributed by atoms with Crippen molar-refractivity contribution >= 4 is 0 Å². The summed E-state index contributed by atoms with van der Waals surface area (Å²) in [4.78, 5) is 0. The van der Waals surface area contributed by atoms with Crippen molar-refractivity contribution in [3.05, 3.63) is 0 Å². The Morgan fingerprint density at radius 3 is 1.91 bits per heavy atom. The molecule has 0 bridgehead atoms. The van der Waals surface area contributed by atoms with E-state index in [-0.39, 0.29) is 0 Å². The molecule has 0 amide bonds. The van der Waals surface area contributed by atoms with Gasteiger partial charge >= 0.3 is 0 Å². The Morgan fingerprint density at radius 1 is 1.18 bits per heavy atom. The van der Waals surface area contributed by atoms with E-state index in [2.05, 4.69) is 39.9 Å². The molecular formula is C10H21N. The maximum atomic E-state index is 3.57. The van der Waals surface area contributed by atoms with Gasteiger partial charge in [0.05, 0.1) is 0 Å². The zero-order chi connectivity index (χ0) is 8.70. The van der Waals surface area contributed by atoms with Gasteiger partial charge in [0.2, 0.25) is 0 Å². The minimum atomic E-state index is 0.321. The average Bonchev–Trinajstić information content (AvgIpc) is 2.09. The average molecular weight is 155 g/mol. The lowest BCUT2D eigenvalue weighted by atomic mass is 9.67. The van der Waals surface area contributed by atoms with Crippen LogP contribution in [-0.4, -0.2) is 12.1 Å². The summed E-state index contributed by atoms with van der Waals surface area (Å²) in [6.07, 6.45) is 1.32. The van der Waals surface area contributed by atoms with Gasteiger partial charge in [-0.1, -0.05) is 20.8 Å². The highest BCUT2D eigenvalue weighted by Gasteiger charge is 2.46. The molecule has 1 N–H and O–H groups in total. The zero-order valence-electron chi connectivity index (χ0n) is 8.49. The van der Waals surface area contributed by atoms with Gasteiger partial charge in [0, 0.05) is 5.54 Å². The summed E-state index contributed by atoms with van der Waals surface area (Å²) < 4.78 is 0. The molecule has 1 atom stereocenters. The molecule has 1 rings (SSSR count). The van der Waals surface area contributed by atoms with Crippen LogP contribution < -0.4 is 5.32 Å². The molecule has 1 nitrogen and oxygen atoms in total. The third kappa shape index (κ3) is 1.20. The summed E-state index contributed by atoms with van der Waals surface area (Å²) in [5.74, 6) is 0.771. The third-order valence-corrected chi connectivity index (χ3v) is 3.91. The van der Waals surface area contributed by atoms with Crippen LogP contribution in [-0.2, 0) is 0 Å². The van der Waals surface area contributed by atoms with Gasteiger partial charge in [0.1, 0.15) is 0 Å². The van der Waals surface area contributed by atoms with E-state index < -0.39 is 0 Å². The first-order valence-electron chi connectivity index (χ1n) is 4.65. The van der Waals surface area contributed by atoms with Crippen molar-refractivity contribution in [1.82, 2.24) is 5.32 Å². The third-order valence-electron chi connectivity index (χ3n) is 3.91. The largest absolute Gasteiger partial charge is 0.311 e. The van der Waals surface area contributed by atoms with E-state index in [1.807, 2.05) is 0 Å². The minimum Gasteiger partial charge on any atom is -0.311 e. The molecule has 1 heterocycles. The molecule has 1 aliphatic rings. The molecule has 0 aromatic heterocycles. The van der Waals surface area contributed by atoms with Crippen molar-refractivity contribution in [3.8, 4) is 0 Å². The molecule has 1 saturated heterocycles. The predicted octanol–water partition coefficient (Wildman–Crippen LogP) is 2.42. The fraction of sp³-hybridized carbons (Fsp3) is 1.00. The Labute approximate surface area is 70.6 Å². The van der Waals surface area contributed by atoms with Crippen LogP contribution in [0.15, 0.2) is 0 Å². The van der Waals surface area contributed by atoms with E-state index in [0.29, 0.717) is 11.0 Å². The van der Waals surface area contributed by atoms with Crippen molar-refractivity contribution in [1.29, 1.82) is 0 Å². The highest BCUT2D eigenvalue weighted by Crippen LogP contribution is 2.44. The first-order chi connectivity index (χ1) is 4.90. The van der Waals surface area contributed by atoms with Crippen LogP contribution >= 0.6 is 0 Å². The molecule has 0 radical (unpaired) electrons. The first kappa shape index (κ1) is 9.05. The fourth-order valence-electron chi connectivity index (χ4n) is 2.16. The molecule has 66 valence electrons. The topological polar surface area (TPSA) is 12.0 Å². The molecule has 0 aromatic carbocycles. The molecule has 0 spiro atoms. The molecule has 1 aliphatic heterocycles. The summed E-state index contributed by atoms with van der Waals surface area (Å²) in [5, 5.41) is 3.57. The predicted molar refractivity (Wildman–Crippen MR) is 49.6 cm³/mol. The molecule has 1 unspecified atom stereocenters. The number of hydrogen-bond acceptors (Lipinski definition) is 1. The van der Waals surface area contributed by atoms with Crippen molar-refractivity contribution in [2.45, 2.75) is 46.6 Å². The van der Waals surface area contributed by atoms with Crippen LogP contribution in [0.25, 0.3) is 0 Å². The van der Waals surface area contributed by atoms with Crippen molar-refractivity contribution < 1.29 is 0 Å². The zero-order valence-corrected chi connectivity index (χ0v) is 8.49. The smallest absolute Gasteiger partial charge is 0.0181 e. The second kappa shape index (κ2) is 2.48. The van der Waals surface area contributed by atoms with Gasteiger partial charge in [0.25, 0.3) is 0 Å². The normalized spacial score (nSPS) is 36.5. The molecule has 1 fully saturated rings. The lowest BCUT2D eigenvalue weighted by molar-refractivity contribution is 0.127. The van der Waals surface area contributed by atoms with Gasteiger partial charge in [-0.25, -0.2) is 0 Å². The monoisotopic (exact) mass is 155 g/mol. The van der Waals surface area contributed by atoms with E-state index in [9.17, 15) is 0 Å². The summed E-state index contributed by atoms with van der Waals surface area (Å²) >= 11 is 0. The standard InChI is InChI=1S/C10H21N/c1-8(2)10(5)6-7-11-9(10,3)4/h8,11H,6-7H2,1-5H3. The Hall–Kier alpha value is -0.0400. The van der Waals surface area contributed by atoms with Crippen LogP contribution in [0.1, 0.15) is 41.0 Å². The summed E-state index contributed by atoms with van der Waals surface area (Å²) in [6, 6.07) is 0. The van der Waals surface area contributed by atoms with Gasteiger partial charge in [-0.2, -0.15) is 0 Å². The summed E-state index contributed by atoms with van der Waals surface area (Å²) in [6.45, 7) is 12.9. The Bertz CT molecular complexity index is 149. The van der Waals surface area contributed by atoms with Crippen LogP contribution in [0.5, 0.6) is 0 Å². The van der Waals surface area contributed by atoms with Crippen LogP contribution in [0, 0.1) is 11.3 Å². The van der Waals surface area contributed by atoms with E-state index in [0.717, 1.165) is 5.92 Å². The highest BCUT2D eigenvalue weighted by atomic mass is 15.0. The Kier molecular flexibility index (Phi) is 2.04. The van der Waals surface area contributed by atoms with Crippen LogP contribution in [0.2, 0.25) is 0 Å². The van der Waals surface area contributed by atoms with Gasteiger partial charge in [-0.3, -0.25) is 0 Å². The molecule has 0 aliphatic carbocycles. The lowest BCUT2D eigenvalue weighted by Crippen LogP contribution is -2.47. The molecule has 0 aromatic rings. The van der Waals surface area contributed by atoms with Gasteiger partial charge in [-0.05, 0) is 38.1 Å². The minimum absolute atomic E-state index is 0.321. The second-order valence-electron chi connectivity index (χ2n) is 4.87.